The molecule has 1 atom stereocenters. The third kappa shape index (κ3) is 4.89. The molecule has 1 aromatic rings. The number of benzene rings is 1. The minimum absolute atomic E-state index is 0.0205. The van der Waals surface area contributed by atoms with Gasteiger partial charge in [-0.1, -0.05) is 11.8 Å². The van der Waals surface area contributed by atoms with Crippen molar-refractivity contribution >= 4 is 11.8 Å². The van der Waals surface area contributed by atoms with Crippen molar-refractivity contribution in [1.29, 1.82) is 0 Å². The molecule has 0 saturated carbocycles. The van der Waals surface area contributed by atoms with Gasteiger partial charge in [0.1, 0.15) is 18.5 Å². The molecular weight excluding hydrogens is 275 g/mol. The lowest BCUT2D eigenvalue weighted by molar-refractivity contribution is -0.122. The zero-order valence-electron chi connectivity index (χ0n) is 11.9. The summed E-state index contributed by atoms with van der Waals surface area (Å²) in [4.78, 5) is 23.7. The first-order chi connectivity index (χ1) is 9.99. The van der Waals surface area contributed by atoms with Crippen LogP contribution in [0.5, 0.6) is 0 Å². The van der Waals surface area contributed by atoms with Crippen LogP contribution in [0.3, 0.4) is 0 Å². The summed E-state index contributed by atoms with van der Waals surface area (Å²) in [6.45, 7) is 3.38. The molecule has 0 radical (unpaired) electrons. The van der Waals surface area contributed by atoms with Crippen molar-refractivity contribution in [2.45, 2.75) is 19.9 Å². The van der Waals surface area contributed by atoms with Crippen LogP contribution in [0.1, 0.15) is 29.8 Å². The maximum absolute atomic E-state index is 13.3. The number of aliphatic hydroxyl groups excluding tert-OH is 1. The highest BCUT2D eigenvalue weighted by molar-refractivity contribution is 5.99. The van der Waals surface area contributed by atoms with Crippen LogP contribution in [0.15, 0.2) is 18.2 Å². The minimum atomic E-state index is -0.751. The Bertz CT molecular complexity index is 590. The van der Waals surface area contributed by atoms with Crippen molar-refractivity contribution in [3.8, 4) is 11.8 Å². The Morgan fingerprint density at radius 1 is 1.43 bits per heavy atom. The van der Waals surface area contributed by atoms with Gasteiger partial charge in [0.2, 0.25) is 5.91 Å². The second-order valence-electron chi connectivity index (χ2n) is 4.24. The van der Waals surface area contributed by atoms with E-state index in [0.29, 0.717) is 6.54 Å². The van der Waals surface area contributed by atoms with Crippen LogP contribution in [0.25, 0.3) is 0 Å². The molecule has 0 saturated heterocycles. The number of carbonyl (C=O) groups excluding carboxylic acids is 2. The van der Waals surface area contributed by atoms with Crippen LogP contribution in [0.4, 0.5) is 4.39 Å². The number of amides is 2. The molecule has 0 aliphatic heterocycles. The average molecular weight is 292 g/mol. The third-order valence-electron chi connectivity index (χ3n) is 2.62. The second kappa shape index (κ2) is 8.02. The molecule has 2 amide bonds. The number of nitrogens with one attached hydrogen (secondary N) is 2. The summed E-state index contributed by atoms with van der Waals surface area (Å²) in [5.74, 6) is 3.46. The van der Waals surface area contributed by atoms with Gasteiger partial charge in [-0.3, -0.25) is 9.59 Å². The van der Waals surface area contributed by atoms with Crippen molar-refractivity contribution in [2.75, 3.05) is 13.2 Å². The van der Waals surface area contributed by atoms with E-state index in [1.54, 1.807) is 6.92 Å². The van der Waals surface area contributed by atoms with E-state index in [1.165, 1.54) is 19.1 Å². The molecule has 0 spiro atoms. The molecule has 112 valence electrons. The van der Waals surface area contributed by atoms with Gasteiger partial charge in [-0.15, -0.1) is 0 Å². The minimum Gasteiger partial charge on any atom is -0.384 e. The number of halogens is 1. The zero-order valence-corrected chi connectivity index (χ0v) is 11.9. The summed E-state index contributed by atoms with van der Waals surface area (Å²) in [6.07, 6.45) is 0. The van der Waals surface area contributed by atoms with E-state index in [2.05, 4.69) is 22.5 Å². The number of rotatable bonds is 4. The van der Waals surface area contributed by atoms with Crippen molar-refractivity contribution in [3.05, 3.63) is 35.1 Å². The van der Waals surface area contributed by atoms with Crippen molar-refractivity contribution in [1.82, 2.24) is 10.6 Å². The molecule has 0 aliphatic rings. The molecule has 21 heavy (non-hydrogen) atoms. The third-order valence-corrected chi connectivity index (χ3v) is 2.62. The number of likely N-dealkylation sites (N-methyl/N-ethyl adjacent to an activating group) is 1. The SMILES string of the molecule is CCNC(=O)C(C)NC(=O)c1cc(F)ccc1C#CCO. The van der Waals surface area contributed by atoms with Gasteiger partial charge >= 0.3 is 0 Å². The average Bonchev–Trinajstić information content (AvgIpc) is 2.46. The topological polar surface area (TPSA) is 78.4 Å². The summed E-state index contributed by atoms with van der Waals surface area (Å²) in [7, 11) is 0. The monoisotopic (exact) mass is 292 g/mol. The summed E-state index contributed by atoms with van der Waals surface area (Å²) in [6, 6.07) is 2.82. The summed E-state index contributed by atoms with van der Waals surface area (Å²) >= 11 is 0. The van der Waals surface area contributed by atoms with Gasteiger partial charge in [-0.05, 0) is 32.0 Å². The van der Waals surface area contributed by atoms with Gasteiger partial charge in [-0.2, -0.15) is 0 Å². The fraction of sp³-hybridized carbons (Fsp3) is 0.333. The summed E-state index contributed by atoms with van der Waals surface area (Å²) in [5.41, 5.74) is 0.304. The Morgan fingerprint density at radius 3 is 2.76 bits per heavy atom. The summed E-state index contributed by atoms with van der Waals surface area (Å²) < 4.78 is 13.3. The van der Waals surface area contributed by atoms with Crippen molar-refractivity contribution in [2.24, 2.45) is 0 Å². The van der Waals surface area contributed by atoms with Crippen molar-refractivity contribution < 1.29 is 19.1 Å². The van der Waals surface area contributed by atoms with Crippen LogP contribution >= 0.6 is 0 Å². The molecule has 0 aliphatic carbocycles. The predicted octanol–water partition coefficient (Wildman–Crippen LogP) is 0.424. The van der Waals surface area contributed by atoms with Crippen molar-refractivity contribution in [3.63, 3.8) is 0 Å². The fourth-order valence-electron chi connectivity index (χ4n) is 1.62. The molecule has 6 heteroatoms. The molecule has 0 fully saturated rings. The lowest BCUT2D eigenvalue weighted by Crippen LogP contribution is -2.44. The maximum Gasteiger partial charge on any atom is 0.253 e. The smallest absolute Gasteiger partial charge is 0.253 e. The van der Waals surface area contributed by atoms with E-state index in [9.17, 15) is 14.0 Å². The second-order valence-corrected chi connectivity index (χ2v) is 4.24. The molecular formula is C15H17FN2O3. The highest BCUT2D eigenvalue weighted by atomic mass is 19.1. The normalized spacial score (nSPS) is 11.0. The van der Waals surface area contributed by atoms with E-state index in [1.807, 2.05) is 0 Å². The molecule has 1 aromatic carbocycles. The molecule has 1 rings (SSSR count). The molecule has 1 unspecified atom stereocenters. The van der Waals surface area contributed by atoms with Gasteiger partial charge in [0, 0.05) is 12.1 Å². The molecule has 3 N–H and O–H groups in total. The molecule has 5 nitrogen and oxygen atoms in total. The lowest BCUT2D eigenvalue weighted by atomic mass is 10.1. The Labute approximate surface area is 122 Å². The van der Waals surface area contributed by atoms with Gasteiger partial charge in [0.25, 0.3) is 5.91 Å². The largest absolute Gasteiger partial charge is 0.384 e. The Morgan fingerprint density at radius 2 is 2.14 bits per heavy atom. The van der Waals surface area contributed by atoms with Gasteiger partial charge in [0.15, 0.2) is 0 Å². The van der Waals surface area contributed by atoms with E-state index in [0.717, 1.165) is 6.07 Å². The first kappa shape index (κ1) is 16.7. The van der Waals surface area contributed by atoms with Crippen LogP contribution in [0, 0.1) is 17.7 Å². The Hall–Kier alpha value is -2.39. The first-order valence-electron chi connectivity index (χ1n) is 6.47. The highest BCUT2D eigenvalue weighted by Crippen LogP contribution is 2.10. The molecule has 0 aromatic heterocycles. The first-order valence-corrected chi connectivity index (χ1v) is 6.47. The van der Waals surface area contributed by atoms with Gasteiger partial charge in [-0.25, -0.2) is 4.39 Å². The van der Waals surface area contributed by atoms with E-state index >= 15 is 0 Å². The van der Waals surface area contributed by atoms with E-state index in [4.69, 9.17) is 5.11 Å². The number of aliphatic hydroxyl groups is 1. The predicted molar refractivity (Wildman–Crippen MR) is 76.0 cm³/mol. The van der Waals surface area contributed by atoms with Crippen LogP contribution in [-0.2, 0) is 4.79 Å². The quantitative estimate of drug-likeness (QED) is 0.704. The number of carbonyl (C=O) groups is 2. The summed E-state index contributed by atoms with van der Waals surface area (Å²) in [5, 5.41) is 13.7. The highest BCUT2D eigenvalue weighted by Gasteiger charge is 2.18. The van der Waals surface area contributed by atoms with Crippen LogP contribution < -0.4 is 10.6 Å². The van der Waals surface area contributed by atoms with Gasteiger partial charge in [0.05, 0.1) is 5.56 Å². The number of hydrogen-bond donors (Lipinski definition) is 3. The fourth-order valence-corrected chi connectivity index (χ4v) is 1.62. The number of hydrogen-bond acceptors (Lipinski definition) is 3. The Kier molecular flexibility index (Phi) is 6.37. The Balaban J connectivity index is 2.96. The van der Waals surface area contributed by atoms with Gasteiger partial charge < -0.3 is 15.7 Å². The van der Waals surface area contributed by atoms with Crippen LogP contribution in [0.2, 0.25) is 0 Å². The lowest BCUT2D eigenvalue weighted by Gasteiger charge is -2.14. The molecule has 0 bridgehead atoms. The molecule has 0 heterocycles. The van der Waals surface area contributed by atoms with E-state index < -0.39 is 17.8 Å². The standard InChI is InChI=1S/C15H17FN2O3/c1-3-17-14(20)10(2)18-15(21)13-9-12(16)7-6-11(13)5-4-8-19/h6-7,9-10,19H,3,8H2,1-2H3,(H,17,20)(H,18,21). The van der Waals surface area contributed by atoms with Crippen LogP contribution in [-0.4, -0.2) is 36.1 Å². The maximum atomic E-state index is 13.3. The van der Waals surface area contributed by atoms with E-state index in [-0.39, 0.29) is 23.6 Å². The zero-order chi connectivity index (χ0) is 15.8.